The number of carbonyl (C=O) groups is 1. The molecule has 0 aliphatic heterocycles. The van der Waals surface area contributed by atoms with Crippen LogP contribution in [0.1, 0.15) is 37.3 Å². The number of methoxy groups -OCH3 is 1. The summed E-state index contributed by atoms with van der Waals surface area (Å²) in [6, 6.07) is 13.5. The molecule has 138 valence electrons. The third-order valence-electron chi connectivity index (χ3n) is 4.01. The Bertz CT molecular complexity index is 760. The summed E-state index contributed by atoms with van der Waals surface area (Å²) in [6.45, 7) is 4.26. The molecule has 0 aliphatic carbocycles. The fourth-order valence-corrected chi connectivity index (χ4v) is 3.01. The van der Waals surface area contributed by atoms with E-state index in [9.17, 15) is 4.79 Å². The molecule has 0 fully saturated rings. The number of hydrogen-bond donors (Lipinski definition) is 1. The fourth-order valence-electron chi connectivity index (χ4n) is 2.25. The highest BCUT2D eigenvalue weighted by atomic mass is 127. The van der Waals surface area contributed by atoms with Crippen LogP contribution in [0.2, 0.25) is 0 Å². The highest BCUT2D eigenvalue weighted by Gasteiger charge is 2.05. The van der Waals surface area contributed by atoms with E-state index in [1.165, 1.54) is 5.56 Å². The van der Waals surface area contributed by atoms with E-state index in [0.29, 0.717) is 11.7 Å². The van der Waals surface area contributed by atoms with Crippen LogP contribution in [0.5, 0.6) is 11.5 Å². The van der Waals surface area contributed by atoms with Crippen LogP contribution in [0, 0.1) is 3.57 Å². The van der Waals surface area contributed by atoms with E-state index in [4.69, 9.17) is 9.47 Å². The number of hydrogen-bond acceptors (Lipinski definition) is 4. The maximum Gasteiger partial charge on any atom is 0.277 e. The Morgan fingerprint density at radius 1 is 1.27 bits per heavy atom. The minimum atomic E-state index is -0.310. The maximum atomic E-state index is 11.8. The molecule has 0 radical (unpaired) electrons. The van der Waals surface area contributed by atoms with Crippen LogP contribution < -0.4 is 14.9 Å². The lowest BCUT2D eigenvalue weighted by molar-refractivity contribution is -0.123. The van der Waals surface area contributed by atoms with Crippen LogP contribution >= 0.6 is 22.6 Å². The van der Waals surface area contributed by atoms with Gasteiger partial charge in [0, 0.05) is 0 Å². The molecule has 0 aliphatic rings. The summed E-state index contributed by atoms with van der Waals surface area (Å²) >= 11 is 2.19. The normalized spacial score (nSPS) is 12.0. The van der Waals surface area contributed by atoms with Gasteiger partial charge in [-0.1, -0.05) is 26.0 Å². The second-order valence-corrected chi connectivity index (χ2v) is 7.02. The van der Waals surface area contributed by atoms with E-state index in [0.717, 1.165) is 21.3 Å². The smallest absolute Gasteiger partial charge is 0.277 e. The Kier molecular flexibility index (Phi) is 7.90. The molecule has 0 heterocycles. The van der Waals surface area contributed by atoms with Gasteiger partial charge in [0.2, 0.25) is 0 Å². The molecule has 0 spiro atoms. The largest absolute Gasteiger partial charge is 0.496 e. The molecule has 2 aromatic rings. The molecular weight excluding hydrogens is 443 g/mol. The Labute approximate surface area is 167 Å². The quantitative estimate of drug-likeness (QED) is 0.358. The summed E-state index contributed by atoms with van der Waals surface area (Å²) in [5, 5.41) is 3.95. The average Bonchev–Trinajstić information content (AvgIpc) is 2.66. The molecule has 1 amide bonds. The SMILES string of the molecule is CC[C@H](C)c1ccc(OCC(=O)N/N=C/c2ccc(OC)c(I)c2)cc1. The minimum Gasteiger partial charge on any atom is -0.496 e. The number of benzene rings is 2. The first-order valence-electron chi connectivity index (χ1n) is 8.41. The van der Waals surface area contributed by atoms with Crippen molar-refractivity contribution in [3.8, 4) is 11.5 Å². The van der Waals surface area contributed by atoms with E-state index in [2.05, 4.69) is 47.0 Å². The highest BCUT2D eigenvalue weighted by Crippen LogP contribution is 2.22. The number of carbonyl (C=O) groups excluding carboxylic acids is 1. The van der Waals surface area contributed by atoms with Gasteiger partial charge in [0.25, 0.3) is 5.91 Å². The van der Waals surface area contributed by atoms with Gasteiger partial charge in [-0.05, 0) is 76.4 Å². The summed E-state index contributed by atoms with van der Waals surface area (Å²) in [4.78, 5) is 11.8. The van der Waals surface area contributed by atoms with Gasteiger partial charge in [-0.25, -0.2) is 5.43 Å². The summed E-state index contributed by atoms with van der Waals surface area (Å²) in [6.07, 6.45) is 2.67. The van der Waals surface area contributed by atoms with E-state index in [-0.39, 0.29) is 12.5 Å². The van der Waals surface area contributed by atoms with Gasteiger partial charge >= 0.3 is 0 Å². The van der Waals surface area contributed by atoms with Crippen LogP contribution in [0.15, 0.2) is 47.6 Å². The molecule has 0 saturated heterocycles. The third kappa shape index (κ3) is 6.01. The van der Waals surface area contributed by atoms with E-state index >= 15 is 0 Å². The van der Waals surface area contributed by atoms with Gasteiger partial charge in [0.15, 0.2) is 6.61 Å². The van der Waals surface area contributed by atoms with Crippen molar-refractivity contribution >= 4 is 34.7 Å². The number of rotatable bonds is 8. The highest BCUT2D eigenvalue weighted by molar-refractivity contribution is 14.1. The molecule has 0 bridgehead atoms. The summed E-state index contributed by atoms with van der Waals surface area (Å²) in [5.41, 5.74) is 4.60. The van der Waals surface area contributed by atoms with Gasteiger partial charge in [-0.3, -0.25) is 4.79 Å². The lowest BCUT2D eigenvalue weighted by Gasteiger charge is -2.10. The molecule has 0 saturated carbocycles. The summed E-state index contributed by atoms with van der Waals surface area (Å²) < 4.78 is 11.7. The molecule has 5 nitrogen and oxygen atoms in total. The minimum absolute atomic E-state index is 0.0832. The second kappa shape index (κ2) is 10.2. The van der Waals surface area contributed by atoms with E-state index in [1.54, 1.807) is 13.3 Å². The van der Waals surface area contributed by atoms with Crippen LogP contribution in [-0.2, 0) is 4.79 Å². The molecule has 26 heavy (non-hydrogen) atoms. The molecule has 2 aromatic carbocycles. The standard InChI is InChI=1S/C20H23IN2O3/c1-4-14(2)16-6-8-17(9-7-16)26-13-20(24)23-22-12-15-5-10-19(25-3)18(21)11-15/h5-12,14H,4,13H2,1-3H3,(H,23,24)/b22-12+/t14-/m0/s1. The average molecular weight is 466 g/mol. The van der Waals surface area contributed by atoms with Crippen molar-refractivity contribution in [2.45, 2.75) is 26.2 Å². The summed E-state index contributed by atoms with van der Waals surface area (Å²) in [7, 11) is 1.63. The predicted octanol–water partition coefficient (Wildman–Crippen LogP) is 4.34. The van der Waals surface area contributed by atoms with Gasteiger partial charge < -0.3 is 9.47 Å². The van der Waals surface area contributed by atoms with Crippen molar-refractivity contribution in [2.75, 3.05) is 13.7 Å². The number of halogens is 1. The van der Waals surface area contributed by atoms with E-state index in [1.807, 2.05) is 42.5 Å². The topological polar surface area (TPSA) is 59.9 Å². The van der Waals surface area contributed by atoms with Crippen molar-refractivity contribution in [3.63, 3.8) is 0 Å². The number of hydrazone groups is 1. The van der Waals surface area contributed by atoms with Crippen LogP contribution in [-0.4, -0.2) is 25.8 Å². The Morgan fingerprint density at radius 3 is 2.62 bits per heavy atom. The summed E-state index contributed by atoms with van der Waals surface area (Å²) in [5.74, 6) is 1.68. The Hall–Kier alpha value is -2.09. The number of nitrogens with one attached hydrogen (secondary N) is 1. The monoisotopic (exact) mass is 466 g/mol. The zero-order valence-electron chi connectivity index (χ0n) is 15.2. The number of amides is 1. The van der Waals surface area contributed by atoms with Gasteiger partial charge in [-0.15, -0.1) is 0 Å². The second-order valence-electron chi connectivity index (χ2n) is 5.85. The van der Waals surface area contributed by atoms with Crippen molar-refractivity contribution in [1.29, 1.82) is 0 Å². The molecular formula is C20H23IN2O3. The maximum absolute atomic E-state index is 11.8. The Morgan fingerprint density at radius 2 is 2.00 bits per heavy atom. The molecule has 2 rings (SSSR count). The first-order valence-corrected chi connectivity index (χ1v) is 9.49. The lowest BCUT2D eigenvalue weighted by Crippen LogP contribution is -2.24. The molecule has 1 N–H and O–H groups in total. The molecule has 0 aromatic heterocycles. The van der Waals surface area contributed by atoms with Crippen molar-refractivity contribution in [2.24, 2.45) is 5.10 Å². The number of nitrogens with zero attached hydrogens (tertiary/aromatic N) is 1. The van der Waals surface area contributed by atoms with Gasteiger partial charge in [0.1, 0.15) is 11.5 Å². The molecule has 0 unspecified atom stereocenters. The zero-order valence-corrected chi connectivity index (χ0v) is 17.3. The molecule has 6 heteroatoms. The molecule has 1 atom stereocenters. The first-order chi connectivity index (χ1) is 12.5. The third-order valence-corrected chi connectivity index (χ3v) is 4.85. The van der Waals surface area contributed by atoms with Crippen LogP contribution in [0.25, 0.3) is 0 Å². The zero-order chi connectivity index (χ0) is 18.9. The van der Waals surface area contributed by atoms with Crippen LogP contribution in [0.4, 0.5) is 0 Å². The first kappa shape index (κ1) is 20.2. The fraction of sp³-hybridized carbons (Fsp3) is 0.300. The van der Waals surface area contributed by atoms with E-state index < -0.39 is 0 Å². The van der Waals surface area contributed by atoms with Crippen LogP contribution in [0.3, 0.4) is 0 Å². The number of ether oxygens (including phenoxy) is 2. The predicted molar refractivity (Wildman–Crippen MR) is 112 cm³/mol. The lowest BCUT2D eigenvalue weighted by atomic mass is 9.99. The van der Waals surface area contributed by atoms with Crippen molar-refractivity contribution in [1.82, 2.24) is 5.43 Å². The van der Waals surface area contributed by atoms with Crippen molar-refractivity contribution < 1.29 is 14.3 Å². The van der Waals surface area contributed by atoms with Gasteiger partial charge in [-0.2, -0.15) is 5.10 Å². The van der Waals surface area contributed by atoms with Gasteiger partial charge in [0.05, 0.1) is 16.9 Å². The Balaban J connectivity index is 1.80. The van der Waals surface area contributed by atoms with Crippen molar-refractivity contribution in [3.05, 3.63) is 57.2 Å².